The van der Waals surface area contributed by atoms with Gasteiger partial charge in [0.2, 0.25) is 0 Å². The van der Waals surface area contributed by atoms with E-state index >= 15 is 0 Å². The van der Waals surface area contributed by atoms with Crippen LogP contribution in [-0.4, -0.2) is 4.57 Å². The molecule has 1 aliphatic rings. The van der Waals surface area contributed by atoms with Crippen LogP contribution in [0.5, 0.6) is 5.75 Å². The number of benzene rings is 5. The molecule has 36 heavy (non-hydrogen) atoms. The van der Waals surface area contributed by atoms with Gasteiger partial charge in [-0.05, 0) is 53.6 Å². The molecule has 1 atom stereocenters. The van der Waals surface area contributed by atoms with Crippen molar-refractivity contribution < 1.29 is 4.74 Å². The lowest BCUT2D eigenvalue weighted by molar-refractivity contribution is 0.262. The molecule has 1 N–H and O–H groups in total. The quantitative estimate of drug-likeness (QED) is 0.291. The van der Waals surface area contributed by atoms with Crippen LogP contribution < -0.4 is 10.1 Å². The number of hydrogen-bond acceptors (Lipinski definition) is 3. The largest absolute Gasteiger partial charge is 0.462 e. The molecule has 0 saturated heterocycles. The first-order valence-corrected chi connectivity index (χ1v) is 12.0. The smallest absolute Gasteiger partial charge is 0.196 e. The molecule has 1 aromatic heterocycles. The summed E-state index contributed by atoms with van der Waals surface area (Å²) in [6.45, 7) is 0. The highest BCUT2D eigenvalue weighted by atomic mass is 16.5. The summed E-state index contributed by atoms with van der Waals surface area (Å²) in [5.41, 5.74) is 8.14. The standard InChI is InChI=1S/C32H21N3O/c33-20-21-13-15-22(16-14-21)24-9-6-10-25(19-24)35-29-12-5-4-11-26(29)27-17-18-28-31(30(27)35)36-32(34-28)23-7-2-1-3-8-23/h1-19,32,34H. The van der Waals surface area contributed by atoms with Gasteiger partial charge in [-0.2, -0.15) is 5.26 Å². The number of para-hydroxylation sites is 1. The summed E-state index contributed by atoms with van der Waals surface area (Å²) >= 11 is 0. The minimum atomic E-state index is -0.233. The van der Waals surface area contributed by atoms with Gasteiger partial charge in [-0.3, -0.25) is 0 Å². The van der Waals surface area contributed by atoms with E-state index in [1.807, 2.05) is 42.5 Å². The number of hydrogen-bond donors (Lipinski definition) is 1. The minimum Gasteiger partial charge on any atom is -0.462 e. The van der Waals surface area contributed by atoms with E-state index in [1.54, 1.807) is 0 Å². The summed E-state index contributed by atoms with van der Waals surface area (Å²) in [6, 6.07) is 41.5. The summed E-state index contributed by atoms with van der Waals surface area (Å²) in [6.07, 6.45) is -0.233. The fraction of sp³-hybridized carbons (Fsp3) is 0.0312. The van der Waals surface area contributed by atoms with Gasteiger partial charge < -0.3 is 14.6 Å². The average Bonchev–Trinajstić information content (AvgIpc) is 3.53. The first kappa shape index (κ1) is 20.4. The van der Waals surface area contributed by atoms with Crippen LogP contribution in [0.25, 0.3) is 38.6 Å². The van der Waals surface area contributed by atoms with Gasteiger partial charge in [0.05, 0.1) is 28.4 Å². The molecule has 6 aromatic rings. The van der Waals surface area contributed by atoms with Crippen molar-refractivity contribution in [3.63, 3.8) is 0 Å². The van der Waals surface area contributed by atoms with Crippen molar-refractivity contribution in [2.75, 3.05) is 5.32 Å². The predicted molar refractivity (Wildman–Crippen MR) is 144 cm³/mol. The van der Waals surface area contributed by atoms with Crippen LogP contribution in [-0.2, 0) is 0 Å². The second-order valence-corrected chi connectivity index (χ2v) is 8.98. The molecule has 0 saturated carbocycles. The first-order chi connectivity index (χ1) is 17.8. The van der Waals surface area contributed by atoms with Crippen molar-refractivity contribution in [2.24, 2.45) is 0 Å². The van der Waals surface area contributed by atoms with E-state index in [4.69, 9.17) is 10.00 Å². The average molecular weight is 464 g/mol. The van der Waals surface area contributed by atoms with Crippen molar-refractivity contribution in [3.05, 3.63) is 126 Å². The van der Waals surface area contributed by atoms with Gasteiger partial charge in [0.1, 0.15) is 0 Å². The van der Waals surface area contributed by atoms with E-state index in [0.29, 0.717) is 5.56 Å². The molecule has 0 spiro atoms. The molecule has 0 bridgehead atoms. The molecule has 0 amide bonds. The number of ether oxygens (including phenoxy) is 1. The molecule has 5 aromatic carbocycles. The van der Waals surface area contributed by atoms with Gasteiger partial charge in [-0.15, -0.1) is 0 Å². The van der Waals surface area contributed by atoms with E-state index < -0.39 is 0 Å². The Hall–Kier alpha value is -5.01. The normalized spacial score (nSPS) is 14.2. The molecule has 0 radical (unpaired) electrons. The van der Waals surface area contributed by atoms with Gasteiger partial charge in [-0.1, -0.05) is 72.8 Å². The van der Waals surface area contributed by atoms with E-state index in [-0.39, 0.29) is 6.23 Å². The van der Waals surface area contributed by atoms with Gasteiger partial charge in [0.15, 0.2) is 12.0 Å². The van der Waals surface area contributed by atoms with Gasteiger partial charge in [0.25, 0.3) is 0 Å². The molecule has 4 nitrogen and oxygen atoms in total. The Bertz CT molecular complexity index is 1790. The zero-order chi connectivity index (χ0) is 24.1. The minimum absolute atomic E-state index is 0.233. The highest BCUT2D eigenvalue weighted by molar-refractivity contribution is 6.13. The molecule has 0 fully saturated rings. The molecule has 170 valence electrons. The monoisotopic (exact) mass is 463 g/mol. The van der Waals surface area contributed by atoms with Crippen LogP contribution in [0.1, 0.15) is 17.4 Å². The Morgan fingerprint density at radius 2 is 1.53 bits per heavy atom. The Morgan fingerprint density at radius 1 is 0.722 bits per heavy atom. The van der Waals surface area contributed by atoms with E-state index in [0.717, 1.165) is 50.2 Å². The van der Waals surface area contributed by atoms with Crippen molar-refractivity contribution in [1.82, 2.24) is 4.57 Å². The number of nitriles is 1. The molecule has 7 rings (SSSR count). The maximum absolute atomic E-state index is 9.17. The Kier molecular flexibility index (Phi) is 4.55. The zero-order valence-electron chi connectivity index (χ0n) is 19.3. The topological polar surface area (TPSA) is 50.0 Å². The molecule has 1 unspecified atom stereocenters. The molecule has 0 aliphatic carbocycles. The maximum Gasteiger partial charge on any atom is 0.196 e. The Balaban J connectivity index is 1.44. The summed E-state index contributed by atoms with van der Waals surface area (Å²) in [7, 11) is 0. The second kappa shape index (κ2) is 8.04. The van der Waals surface area contributed by atoms with Crippen molar-refractivity contribution in [1.29, 1.82) is 5.26 Å². The third-order valence-corrected chi connectivity index (χ3v) is 6.87. The maximum atomic E-state index is 9.17. The number of nitrogens with zero attached hydrogens (tertiary/aromatic N) is 2. The highest BCUT2D eigenvalue weighted by Crippen LogP contribution is 2.47. The summed E-state index contributed by atoms with van der Waals surface area (Å²) in [5.74, 6) is 0.862. The second-order valence-electron chi connectivity index (χ2n) is 8.98. The lowest BCUT2D eigenvalue weighted by Gasteiger charge is -2.13. The van der Waals surface area contributed by atoms with Crippen molar-refractivity contribution in [3.8, 4) is 28.6 Å². The van der Waals surface area contributed by atoms with Crippen LogP contribution >= 0.6 is 0 Å². The van der Waals surface area contributed by atoms with Gasteiger partial charge in [0, 0.05) is 22.0 Å². The summed E-state index contributed by atoms with van der Waals surface area (Å²) in [4.78, 5) is 0. The van der Waals surface area contributed by atoms with Crippen molar-refractivity contribution >= 4 is 27.5 Å². The number of fused-ring (bicyclic) bond motifs is 5. The van der Waals surface area contributed by atoms with Crippen LogP contribution in [0.15, 0.2) is 115 Å². The molecular formula is C32H21N3O. The fourth-order valence-electron chi connectivity index (χ4n) is 5.16. The van der Waals surface area contributed by atoms with E-state index in [2.05, 4.69) is 88.7 Å². The van der Waals surface area contributed by atoms with Crippen LogP contribution in [0.4, 0.5) is 5.69 Å². The fourth-order valence-corrected chi connectivity index (χ4v) is 5.16. The third-order valence-electron chi connectivity index (χ3n) is 6.87. The molecule has 2 heterocycles. The van der Waals surface area contributed by atoms with Gasteiger partial charge >= 0.3 is 0 Å². The summed E-state index contributed by atoms with van der Waals surface area (Å²) in [5, 5.41) is 15.1. The first-order valence-electron chi connectivity index (χ1n) is 12.0. The van der Waals surface area contributed by atoms with E-state index in [9.17, 15) is 0 Å². The zero-order valence-corrected chi connectivity index (χ0v) is 19.3. The highest BCUT2D eigenvalue weighted by Gasteiger charge is 2.28. The number of aromatic nitrogens is 1. The molecular weight excluding hydrogens is 442 g/mol. The molecule has 4 heteroatoms. The number of nitrogens with one attached hydrogen (secondary N) is 1. The SMILES string of the molecule is N#Cc1ccc(-c2cccc(-n3c4ccccc4c4ccc5c(c43)OC(c3ccccc3)N5)c2)cc1. The molecule has 1 aliphatic heterocycles. The third kappa shape index (κ3) is 3.14. The predicted octanol–water partition coefficient (Wildman–Crippen LogP) is 7.83. The Morgan fingerprint density at radius 3 is 2.36 bits per heavy atom. The van der Waals surface area contributed by atoms with Crippen LogP contribution in [0.3, 0.4) is 0 Å². The lowest BCUT2D eigenvalue weighted by atomic mass is 10.0. The lowest BCUT2D eigenvalue weighted by Crippen LogP contribution is -2.09. The Labute approximate surface area is 208 Å². The number of rotatable bonds is 3. The van der Waals surface area contributed by atoms with Crippen LogP contribution in [0, 0.1) is 11.3 Å². The van der Waals surface area contributed by atoms with Crippen LogP contribution in [0.2, 0.25) is 0 Å². The number of anilines is 1. The van der Waals surface area contributed by atoms with Crippen molar-refractivity contribution in [2.45, 2.75) is 6.23 Å². The summed E-state index contributed by atoms with van der Waals surface area (Å²) < 4.78 is 8.87. The van der Waals surface area contributed by atoms with E-state index in [1.165, 1.54) is 5.39 Å². The van der Waals surface area contributed by atoms with Gasteiger partial charge in [-0.25, -0.2) is 0 Å².